The van der Waals surface area contributed by atoms with E-state index in [0.717, 1.165) is 12.8 Å². The van der Waals surface area contributed by atoms with Crippen molar-refractivity contribution in [3.05, 3.63) is 29.3 Å². The zero-order valence-corrected chi connectivity index (χ0v) is 11.6. The number of amides is 1. The topological polar surface area (TPSA) is 49.8 Å². The van der Waals surface area contributed by atoms with Crippen molar-refractivity contribution in [3.63, 3.8) is 0 Å². The lowest BCUT2D eigenvalue weighted by atomic mass is 10.1. The van der Waals surface area contributed by atoms with E-state index in [4.69, 9.17) is 16.3 Å². The van der Waals surface area contributed by atoms with Crippen molar-refractivity contribution in [3.8, 4) is 5.75 Å². The molecule has 0 bridgehead atoms. The molecular weight excluding hydrogens is 266 g/mol. The fourth-order valence-corrected chi connectivity index (χ4v) is 2.39. The standard InChI is InChI=1S/C14H18ClNO3/c1-10(19-13-6-2-4-11(15)8-13)14(18)16-7-3-5-12(17)9-16/h2,4,6,8,10,12,17H,3,5,7,9H2,1H3/t10-,12-/m0/s1. The Kier molecular flexibility index (Phi) is 4.66. The molecule has 1 amide bonds. The van der Waals surface area contributed by atoms with Crippen LogP contribution in [0.3, 0.4) is 0 Å². The molecule has 0 aromatic heterocycles. The second-order valence-electron chi connectivity index (χ2n) is 4.80. The minimum absolute atomic E-state index is 0.0984. The van der Waals surface area contributed by atoms with E-state index in [2.05, 4.69) is 0 Å². The van der Waals surface area contributed by atoms with Gasteiger partial charge in [-0.3, -0.25) is 4.79 Å². The first-order valence-corrected chi connectivity index (χ1v) is 6.83. The van der Waals surface area contributed by atoms with Gasteiger partial charge in [-0.05, 0) is 38.0 Å². The van der Waals surface area contributed by atoms with Crippen molar-refractivity contribution >= 4 is 17.5 Å². The minimum atomic E-state index is -0.580. The van der Waals surface area contributed by atoms with Crippen LogP contribution in [0.15, 0.2) is 24.3 Å². The van der Waals surface area contributed by atoms with E-state index in [1.807, 2.05) is 0 Å². The molecule has 1 aromatic rings. The molecule has 1 fully saturated rings. The highest BCUT2D eigenvalue weighted by Gasteiger charge is 2.26. The highest BCUT2D eigenvalue weighted by molar-refractivity contribution is 6.30. The van der Waals surface area contributed by atoms with E-state index in [-0.39, 0.29) is 5.91 Å². The molecule has 4 nitrogen and oxygen atoms in total. The van der Waals surface area contributed by atoms with E-state index < -0.39 is 12.2 Å². The largest absolute Gasteiger partial charge is 0.481 e. The third-order valence-electron chi connectivity index (χ3n) is 3.16. The quantitative estimate of drug-likeness (QED) is 0.924. The summed E-state index contributed by atoms with van der Waals surface area (Å²) in [6.45, 7) is 2.78. The number of halogens is 1. The molecule has 19 heavy (non-hydrogen) atoms. The van der Waals surface area contributed by atoms with Crippen LogP contribution in [0.1, 0.15) is 19.8 Å². The van der Waals surface area contributed by atoms with Crippen molar-refractivity contribution in [2.75, 3.05) is 13.1 Å². The van der Waals surface area contributed by atoms with Crippen LogP contribution in [-0.4, -0.2) is 41.2 Å². The molecule has 1 aliphatic rings. The lowest BCUT2D eigenvalue weighted by molar-refractivity contribution is -0.141. The molecule has 5 heteroatoms. The predicted molar refractivity (Wildman–Crippen MR) is 73.4 cm³/mol. The van der Waals surface area contributed by atoms with Crippen LogP contribution in [0.5, 0.6) is 5.75 Å². The molecule has 0 aliphatic carbocycles. The van der Waals surface area contributed by atoms with Gasteiger partial charge in [-0.25, -0.2) is 0 Å². The van der Waals surface area contributed by atoms with Crippen LogP contribution in [0.25, 0.3) is 0 Å². The molecule has 2 atom stereocenters. The summed E-state index contributed by atoms with van der Waals surface area (Å²) >= 11 is 5.87. The Morgan fingerprint density at radius 3 is 3.05 bits per heavy atom. The normalized spacial score (nSPS) is 21.0. The van der Waals surface area contributed by atoms with Gasteiger partial charge in [0.1, 0.15) is 5.75 Å². The van der Waals surface area contributed by atoms with Crippen molar-refractivity contribution in [2.24, 2.45) is 0 Å². The number of aliphatic hydroxyl groups excluding tert-OH is 1. The lowest BCUT2D eigenvalue weighted by Gasteiger charge is -2.32. The second-order valence-corrected chi connectivity index (χ2v) is 5.23. The van der Waals surface area contributed by atoms with Crippen molar-refractivity contribution < 1.29 is 14.6 Å². The number of β-amino-alcohol motifs (C(OH)–C–C–N with tert-alkyl or cyclic N) is 1. The molecule has 0 saturated carbocycles. The van der Waals surface area contributed by atoms with E-state index in [1.54, 1.807) is 36.1 Å². The average molecular weight is 284 g/mol. The molecule has 1 N–H and O–H groups in total. The van der Waals surface area contributed by atoms with Gasteiger partial charge in [0, 0.05) is 18.1 Å². The number of hydrogen-bond donors (Lipinski definition) is 1. The number of piperidine rings is 1. The zero-order valence-electron chi connectivity index (χ0n) is 10.9. The predicted octanol–water partition coefficient (Wildman–Crippen LogP) is 2.09. The Morgan fingerprint density at radius 1 is 1.58 bits per heavy atom. The van der Waals surface area contributed by atoms with Crippen molar-refractivity contribution in [1.29, 1.82) is 0 Å². The third kappa shape index (κ3) is 3.85. The number of benzene rings is 1. The van der Waals surface area contributed by atoms with Crippen LogP contribution in [0, 0.1) is 0 Å². The summed E-state index contributed by atoms with van der Waals surface area (Å²) < 4.78 is 5.59. The average Bonchev–Trinajstić information content (AvgIpc) is 2.38. The maximum absolute atomic E-state index is 12.2. The monoisotopic (exact) mass is 283 g/mol. The smallest absolute Gasteiger partial charge is 0.263 e. The van der Waals surface area contributed by atoms with Crippen LogP contribution < -0.4 is 4.74 Å². The summed E-state index contributed by atoms with van der Waals surface area (Å²) in [6, 6.07) is 6.97. The molecule has 0 radical (unpaired) electrons. The number of aliphatic hydroxyl groups is 1. The summed E-state index contributed by atoms with van der Waals surface area (Å²) in [5.74, 6) is 0.477. The first-order chi connectivity index (χ1) is 9.06. The SMILES string of the molecule is C[C@H](Oc1cccc(Cl)c1)C(=O)N1CCC[C@H](O)C1. The van der Waals surface area contributed by atoms with E-state index >= 15 is 0 Å². The van der Waals surface area contributed by atoms with Crippen molar-refractivity contribution in [1.82, 2.24) is 4.90 Å². The van der Waals surface area contributed by atoms with Crippen LogP contribution >= 0.6 is 11.6 Å². The van der Waals surface area contributed by atoms with Crippen LogP contribution in [0.2, 0.25) is 5.02 Å². The minimum Gasteiger partial charge on any atom is -0.481 e. The van der Waals surface area contributed by atoms with Crippen LogP contribution in [0.4, 0.5) is 0 Å². The molecule has 1 aliphatic heterocycles. The number of nitrogens with zero attached hydrogens (tertiary/aromatic N) is 1. The van der Waals surface area contributed by atoms with Gasteiger partial charge in [-0.2, -0.15) is 0 Å². The van der Waals surface area contributed by atoms with Gasteiger partial charge in [0.15, 0.2) is 6.10 Å². The van der Waals surface area contributed by atoms with Gasteiger partial charge in [-0.15, -0.1) is 0 Å². The highest BCUT2D eigenvalue weighted by atomic mass is 35.5. The lowest BCUT2D eigenvalue weighted by Crippen LogP contribution is -2.47. The highest BCUT2D eigenvalue weighted by Crippen LogP contribution is 2.19. The number of rotatable bonds is 3. The Bertz CT molecular complexity index is 452. The van der Waals surface area contributed by atoms with Crippen molar-refractivity contribution in [2.45, 2.75) is 32.0 Å². The fraction of sp³-hybridized carbons (Fsp3) is 0.500. The third-order valence-corrected chi connectivity index (χ3v) is 3.40. The van der Waals surface area contributed by atoms with E-state index in [0.29, 0.717) is 23.9 Å². The zero-order chi connectivity index (χ0) is 13.8. The molecule has 1 heterocycles. The van der Waals surface area contributed by atoms with Gasteiger partial charge < -0.3 is 14.7 Å². The first kappa shape index (κ1) is 14.2. The number of likely N-dealkylation sites (tertiary alicyclic amines) is 1. The van der Waals surface area contributed by atoms with Gasteiger partial charge in [-0.1, -0.05) is 17.7 Å². The first-order valence-electron chi connectivity index (χ1n) is 6.45. The molecule has 104 valence electrons. The molecule has 2 rings (SSSR count). The molecular formula is C14H18ClNO3. The second kappa shape index (κ2) is 6.26. The number of carbonyl (C=O) groups excluding carboxylic acids is 1. The maximum Gasteiger partial charge on any atom is 0.263 e. The molecule has 1 saturated heterocycles. The maximum atomic E-state index is 12.2. The van der Waals surface area contributed by atoms with Gasteiger partial charge in [0.2, 0.25) is 0 Å². The number of hydrogen-bond acceptors (Lipinski definition) is 3. The van der Waals surface area contributed by atoms with E-state index in [1.165, 1.54) is 0 Å². The summed E-state index contributed by atoms with van der Waals surface area (Å²) in [5, 5.41) is 10.2. The number of carbonyl (C=O) groups is 1. The number of ether oxygens (including phenoxy) is 1. The van der Waals surface area contributed by atoms with Gasteiger partial charge >= 0.3 is 0 Å². The Hall–Kier alpha value is -1.26. The molecule has 0 spiro atoms. The Balaban J connectivity index is 1.95. The Labute approximate surface area is 117 Å². The van der Waals surface area contributed by atoms with Crippen LogP contribution in [-0.2, 0) is 4.79 Å². The summed E-state index contributed by atoms with van der Waals surface area (Å²) in [5.41, 5.74) is 0. The molecule has 0 unspecified atom stereocenters. The summed E-state index contributed by atoms with van der Waals surface area (Å²) in [6.07, 6.45) is 0.587. The van der Waals surface area contributed by atoms with E-state index in [9.17, 15) is 9.90 Å². The molecule has 1 aromatic carbocycles. The van der Waals surface area contributed by atoms with Gasteiger partial charge in [0.25, 0.3) is 5.91 Å². The summed E-state index contributed by atoms with van der Waals surface area (Å²) in [7, 11) is 0. The fourth-order valence-electron chi connectivity index (χ4n) is 2.21. The summed E-state index contributed by atoms with van der Waals surface area (Å²) in [4.78, 5) is 13.8. The Morgan fingerprint density at radius 2 is 2.37 bits per heavy atom. The van der Waals surface area contributed by atoms with Gasteiger partial charge in [0.05, 0.1) is 6.10 Å².